The van der Waals surface area contributed by atoms with E-state index in [1.165, 1.54) is 17.7 Å². The number of likely N-dealkylation sites (N-methyl/N-ethyl adjacent to an activating group) is 1. The quantitative estimate of drug-likeness (QED) is 0.439. The molecule has 0 bridgehead atoms. The van der Waals surface area contributed by atoms with Crippen LogP contribution >= 0.6 is 0 Å². The van der Waals surface area contributed by atoms with Gasteiger partial charge >= 0.3 is 0 Å². The summed E-state index contributed by atoms with van der Waals surface area (Å²) in [5.74, 6) is 0.0491. The number of rotatable bonds is 8. The highest BCUT2D eigenvalue weighted by atomic mass is 19.1. The van der Waals surface area contributed by atoms with E-state index in [9.17, 15) is 14.0 Å². The van der Waals surface area contributed by atoms with Crippen molar-refractivity contribution in [1.82, 2.24) is 15.1 Å². The summed E-state index contributed by atoms with van der Waals surface area (Å²) in [6.07, 6.45) is 2.48. The van der Waals surface area contributed by atoms with E-state index in [0.717, 1.165) is 55.6 Å². The van der Waals surface area contributed by atoms with Gasteiger partial charge < -0.3 is 15.1 Å². The molecule has 6 heteroatoms. The summed E-state index contributed by atoms with van der Waals surface area (Å²) < 4.78 is 13.4. The summed E-state index contributed by atoms with van der Waals surface area (Å²) in [7, 11) is 1.85. The van der Waals surface area contributed by atoms with E-state index in [1.54, 1.807) is 24.0 Å². The van der Waals surface area contributed by atoms with E-state index in [2.05, 4.69) is 53.5 Å². The number of amides is 2. The highest BCUT2D eigenvalue weighted by Gasteiger charge is 2.62. The van der Waals surface area contributed by atoms with Crippen LogP contribution in [0.1, 0.15) is 48.4 Å². The summed E-state index contributed by atoms with van der Waals surface area (Å²) in [5, 5.41) is 3.26. The first-order valence-corrected chi connectivity index (χ1v) is 13.9. The van der Waals surface area contributed by atoms with Crippen LogP contribution in [0.4, 0.5) is 4.39 Å². The van der Waals surface area contributed by atoms with Gasteiger partial charge in [-0.05, 0) is 60.9 Å². The predicted molar refractivity (Wildman–Crippen MR) is 151 cm³/mol. The van der Waals surface area contributed by atoms with Gasteiger partial charge in [0.25, 0.3) is 0 Å². The van der Waals surface area contributed by atoms with Gasteiger partial charge in [-0.3, -0.25) is 9.59 Å². The standard InChI is InChI=1S/C33H38FN3O2/c1-24-9-13-28(14-10-24)33(31(39)36(3)22-26-11-15-30(34)16-12-26)21-29(33)23-37-19-17-32(18-20-37,35-25(2)38)27-7-5-4-6-8-27/h4-16,29H,17-23H2,1-3H3,(H,35,38)/t29-,33?/m0/s1. The Balaban J connectivity index is 1.31. The third kappa shape index (κ3) is 5.62. The number of piperidine rings is 1. The van der Waals surface area contributed by atoms with Crippen LogP contribution in [0, 0.1) is 18.7 Å². The topological polar surface area (TPSA) is 52.7 Å². The Hall–Kier alpha value is -3.51. The van der Waals surface area contributed by atoms with Gasteiger partial charge in [0.1, 0.15) is 5.82 Å². The minimum absolute atomic E-state index is 0.0114. The fraction of sp³-hybridized carbons (Fsp3) is 0.394. The first-order chi connectivity index (χ1) is 18.7. The van der Waals surface area contributed by atoms with Crippen LogP contribution in [0.5, 0.6) is 0 Å². The SMILES string of the molecule is CC(=O)NC1(c2ccccc2)CCN(C[C@@H]2CC2(C(=O)N(C)Cc2ccc(F)cc2)c2ccc(C)cc2)CC1. The first kappa shape index (κ1) is 27.1. The van der Waals surface area contributed by atoms with E-state index in [-0.39, 0.29) is 29.1 Å². The maximum Gasteiger partial charge on any atom is 0.233 e. The van der Waals surface area contributed by atoms with Crippen LogP contribution in [-0.2, 0) is 27.1 Å². The normalized spacial score (nSPS) is 22.2. The van der Waals surface area contributed by atoms with Crippen molar-refractivity contribution in [2.24, 2.45) is 5.92 Å². The lowest BCUT2D eigenvalue weighted by Gasteiger charge is -2.43. The average molecular weight is 528 g/mol. The fourth-order valence-electron chi connectivity index (χ4n) is 6.43. The lowest BCUT2D eigenvalue weighted by atomic mass is 9.80. The summed E-state index contributed by atoms with van der Waals surface area (Å²) in [4.78, 5) is 30.4. The predicted octanol–water partition coefficient (Wildman–Crippen LogP) is 5.18. The molecule has 0 spiro atoms. The molecule has 1 N–H and O–H groups in total. The van der Waals surface area contributed by atoms with Gasteiger partial charge in [-0.25, -0.2) is 4.39 Å². The van der Waals surface area contributed by atoms with Gasteiger partial charge in [-0.1, -0.05) is 72.3 Å². The molecule has 1 saturated heterocycles. The zero-order valence-corrected chi connectivity index (χ0v) is 23.1. The van der Waals surface area contributed by atoms with Gasteiger partial charge in [0, 0.05) is 40.2 Å². The molecular formula is C33H38FN3O2. The van der Waals surface area contributed by atoms with Crippen LogP contribution in [0.3, 0.4) is 0 Å². The zero-order valence-electron chi connectivity index (χ0n) is 23.1. The molecule has 1 aliphatic heterocycles. The third-order valence-electron chi connectivity index (χ3n) is 8.66. The molecule has 1 unspecified atom stereocenters. The number of hydrogen-bond donors (Lipinski definition) is 1. The molecule has 0 aromatic heterocycles. The Morgan fingerprint density at radius 2 is 1.59 bits per heavy atom. The molecule has 204 valence electrons. The van der Waals surface area contributed by atoms with Gasteiger partial charge in [0.2, 0.25) is 11.8 Å². The van der Waals surface area contributed by atoms with E-state index < -0.39 is 5.41 Å². The van der Waals surface area contributed by atoms with E-state index in [1.807, 2.05) is 25.2 Å². The summed E-state index contributed by atoms with van der Waals surface area (Å²) in [5.41, 5.74) is 3.40. The Kier molecular flexibility index (Phi) is 7.59. The summed E-state index contributed by atoms with van der Waals surface area (Å²) in [6, 6.07) is 25.0. The molecule has 2 fully saturated rings. The summed E-state index contributed by atoms with van der Waals surface area (Å²) in [6.45, 7) is 6.65. The van der Waals surface area contributed by atoms with Gasteiger partial charge in [0.05, 0.1) is 11.0 Å². The second-order valence-electron chi connectivity index (χ2n) is 11.5. The molecule has 1 aliphatic carbocycles. The number of benzene rings is 3. The minimum atomic E-state index is -0.548. The maximum atomic E-state index is 14.0. The van der Waals surface area contributed by atoms with Crippen molar-refractivity contribution >= 4 is 11.8 Å². The van der Waals surface area contributed by atoms with Crippen molar-refractivity contribution in [2.45, 2.75) is 50.6 Å². The lowest BCUT2D eigenvalue weighted by Crippen LogP contribution is -2.53. The third-order valence-corrected chi connectivity index (χ3v) is 8.66. The number of nitrogens with one attached hydrogen (secondary N) is 1. The molecule has 2 atom stereocenters. The molecule has 39 heavy (non-hydrogen) atoms. The Morgan fingerprint density at radius 3 is 2.21 bits per heavy atom. The second kappa shape index (κ2) is 10.9. The first-order valence-electron chi connectivity index (χ1n) is 13.9. The molecule has 0 radical (unpaired) electrons. The molecule has 1 heterocycles. The number of carbonyl (C=O) groups excluding carboxylic acids is 2. The molecule has 3 aromatic carbocycles. The van der Waals surface area contributed by atoms with Crippen LogP contribution in [-0.4, -0.2) is 48.3 Å². The molecule has 1 saturated carbocycles. The lowest BCUT2D eigenvalue weighted by molar-refractivity contribution is -0.133. The van der Waals surface area contributed by atoms with Gasteiger partial charge in [-0.2, -0.15) is 0 Å². The molecule has 5 nitrogen and oxygen atoms in total. The van der Waals surface area contributed by atoms with Crippen molar-refractivity contribution in [3.05, 3.63) is 107 Å². The Morgan fingerprint density at radius 1 is 0.949 bits per heavy atom. The highest BCUT2D eigenvalue weighted by molar-refractivity contribution is 5.92. The van der Waals surface area contributed by atoms with Crippen molar-refractivity contribution in [1.29, 1.82) is 0 Å². The minimum Gasteiger partial charge on any atom is -0.347 e. The molecule has 2 amide bonds. The highest BCUT2D eigenvalue weighted by Crippen LogP contribution is 2.56. The van der Waals surface area contributed by atoms with Crippen LogP contribution in [0.15, 0.2) is 78.9 Å². The number of likely N-dealkylation sites (tertiary alicyclic amines) is 1. The van der Waals surface area contributed by atoms with Gasteiger partial charge in [0.15, 0.2) is 0 Å². The average Bonchev–Trinajstić information content (AvgIpc) is 3.65. The zero-order chi connectivity index (χ0) is 27.6. The van der Waals surface area contributed by atoms with Crippen LogP contribution in [0.2, 0.25) is 0 Å². The number of carbonyl (C=O) groups is 2. The smallest absolute Gasteiger partial charge is 0.233 e. The van der Waals surface area contributed by atoms with Crippen molar-refractivity contribution in [3.8, 4) is 0 Å². The number of nitrogens with zero attached hydrogens (tertiary/aromatic N) is 2. The molecule has 5 rings (SSSR count). The second-order valence-corrected chi connectivity index (χ2v) is 11.5. The Labute approximate surface area is 231 Å². The van der Waals surface area contributed by atoms with Gasteiger partial charge in [-0.15, -0.1) is 0 Å². The van der Waals surface area contributed by atoms with Crippen molar-refractivity contribution in [2.75, 3.05) is 26.7 Å². The molecule has 3 aromatic rings. The molecule has 2 aliphatic rings. The summed E-state index contributed by atoms with van der Waals surface area (Å²) >= 11 is 0. The van der Waals surface area contributed by atoms with Crippen LogP contribution < -0.4 is 5.32 Å². The van der Waals surface area contributed by atoms with E-state index in [4.69, 9.17) is 0 Å². The van der Waals surface area contributed by atoms with Crippen molar-refractivity contribution < 1.29 is 14.0 Å². The number of aryl methyl sites for hydroxylation is 1. The van der Waals surface area contributed by atoms with E-state index >= 15 is 0 Å². The number of hydrogen-bond acceptors (Lipinski definition) is 3. The monoisotopic (exact) mass is 527 g/mol. The van der Waals surface area contributed by atoms with E-state index in [0.29, 0.717) is 6.54 Å². The van der Waals surface area contributed by atoms with Crippen LogP contribution in [0.25, 0.3) is 0 Å². The maximum absolute atomic E-state index is 14.0. The van der Waals surface area contributed by atoms with Crippen molar-refractivity contribution in [3.63, 3.8) is 0 Å². The largest absolute Gasteiger partial charge is 0.347 e. The molecular weight excluding hydrogens is 489 g/mol. The number of halogens is 1. The Bertz CT molecular complexity index is 1300. The fourth-order valence-corrected chi connectivity index (χ4v) is 6.43.